The molecule has 1 aromatic rings. The Morgan fingerprint density at radius 1 is 1.39 bits per heavy atom. The summed E-state index contributed by atoms with van der Waals surface area (Å²) in [5, 5.41) is 9.41. The first-order valence-electron chi connectivity index (χ1n) is 5.71. The predicted molar refractivity (Wildman–Crippen MR) is 75.8 cm³/mol. The van der Waals surface area contributed by atoms with Crippen molar-refractivity contribution in [1.82, 2.24) is 0 Å². The zero-order valence-electron chi connectivity index (χ0n) is 9.69. The maximum atomic E-state index is 8.86. The lowest BCUT2D eigenvalue weighted by Crippen LogP contribution is -1.99. The molecule has 0 amide bonds. The summed E-state index contributed by atoms with van der Waals surface area (Å²) in [7, 11) is 0. The lowest BCUT2D eigenvalue weighted by atomic mass is 9.92. The van der Waals surface area contributed by atoms with Crippen LogP contribution >= 0.6 is 24.0 Å². The molecule has 2 aliphatic rings. The van der Waals surface area contributed by atoms with E-state index in [1.54, 1.807) is 0 Å². The molecule has 92 valence electrons. The van der Waals surface area contributed by atoms with Crippen LogP contribution in [0.15, 0.2) is 34.3 Å². The van der Waals surface area contributed by atoms with Crippen LogP contribution in [-0.4, -0.2) is 12.8 Å². The van der Waals surface area contributed by atoms with Crippen molar-refractivity contribution in [3.8, 4) is 6.07 Å². The molecule has 1 atom stereocenters. The van der Waals surface area contributed by atoms with Crippen molar-refractivity contribution in [1.29, 1.82) is 5.26 Å². The normalized spacial score (nSPS) is 20.6. The molecule has 0 fully saturated rings. The van der Waals surface area contributed by atoms with Gasteiger partial charge in [0.15, 0.2) is 0 Å². The van der Waals surface area contributed by atoms with Crippen LogP contribution in [0, 0.1) is 11.3 Å². The molecule has 0 bridgehead atoms. The Kier molecular flexibility index (Phi) is 3.75. The highest BCUT2D eigenvalue weighted by molar-refractivity contribution is 6.31. The standard InChI is InChI=1S/C14H11ClN2.ClH/c15-14-5-9(1-2-10(14)6-16)12-4-3-11-7-17-8-13(11)12;/h1-2,5,8,12H,3-4,7H2;1H. The van der Waals surface area contributed by atoms with E-state index in [1.165, 1.54) is 16.7 Å². The Morgan fingerprint density at radius 3 is 2.94 bits per heavy atom. The summed E-state index contributed by atoms with van der Waals surface area (Å²) >= 11 is 6.08. The SMILES string of the molecule is Cl.N#Cc1ccc(C2CCC3=C2C=NC3)cc1Cl. The van der Waals surface area contributed by atoms with Crippen LogP contribution in [0.5, 0.6) is 0 Å². The van der Waals surface area contributed by atoms with E-state index in [2.05, 4.69) is 11.1 Å². The van der Waals surface area contributed by atoms with E-state index in [0.29, 0.717) is 16.5 Å². The summed E-state index contributed by atoms with van der Waals surface area (Å²) in [4.78, 5) is 4.32. The molecule has 1 aliphatic carbocycles. The Balaban J connectivity index is 0.00000120. The highest BCUT2D eigenvalue weighted by atomic mass is 35.5. The first-order chi connectivity index (χ1) is 8.29. The third-order valence-corrected chi connectivity index (χ3v) is 3.86. The van der Waals surface area contributed by atoms with Gasteiger partial charge in [-0.1, -0.05) is 17.7 Å². The molecule has 2 nitrogen and oxygen atoms in total. The molecule has 18 heavy (non-hydrogen) atoms. The quantitative estimate of drug-likeness (QED) is 0.768. The summed E-state index contributed by atoms with van der Waals surface area (Å²) in [5.41, 5.74) is 4.58. The van der Waals surface area contributed by atoms with Crippen molar-refractivity contribution in [3.05, 3.63) is 45.5 Å². The molecular formula is C14H12Cl2N2. The van der Waals surface area contributed by atoms with Crippen molar-refractivity contribution in [2.45, 2.75) is 18.8 Å². The topological polar surface area (TPSA) is 36.1 Å². The molecule has 0 aromatic heterocycles. The van der Waals surface area contributed by atoms with Gasteiger partial charge in [-0.05, 0) is 41.7 Å². The van der Waals surface area contributed by atoms with Gasteiger partial charge < -0.3 is 0 Å². The lowest BCUT2D eigenvalue weighted by molar-refractivity contribution is 0.776. The summed E-state index contributed by atoms with van der Waals surface area (Å²) in [6, 6.07) is 7.83. The molecule has 0 spiro atoms. The number of hydrogen-bond donors (Lipinski definition) is 0. The molecule has 4 heteroatoms. The number of nitriles is 1. The Hall–Kier alpha value is -1.30. The van der Waals surface area contributed by atoms with E-state index in [-0.39, 0.29) is 12.4 Å². The van der Waals surface area contributed by atoms with Crippen LogP contribution < -0.4 is 0 Å². The van der Waals surface area contributed by atoms with Crippen LogP contribution in [0.1, 0.15) is 29.9 Å². The van der Waals surface area contributed by atoms with Crippen LogP contribution in [0.4, 0.5) is 0 Å². The smallest absolute Gasteiger partial charge is 0.101 e. The summed E-state index contributed by atoms with van der Waals surface area (Å²) in [5.74, 6) is 0.418. The molecular weight excluding hydrogens is 267 g/mol. The molecule has 1 unspecified atom stereocenters. The summed E-state index contributed by atoms with van der Waals surface area (Å²) in [6.45, 7) is 0.871. The van der Waals surface area contributed by atoms with Crippen LogP contribution in [0.25, 0.3) is 0 Å². The monoisotopic (exact) mass is 278 g/mol. The van der Waals surface area contributed by atoms with Gasteiger partial charge in [0.2, 0.25) is 0 Å². The summed E-state index contributed by atoms with van der Waals surface area (Å²) in [6.07, 6.45) is 4.27. The zero-order valence-corrected chi connectivity index (χ0v) is 11.3. The average Bonchev–Trinajstić information content (AvgIpc) is 2.90. The first-order valence-corrected chi connectivity index (χ1v) is 6.08. The van der Waals surface area contributed by atoms with E-state index in [0.717, 1.165) is 19.4 Å². The second-order valence-corrected chi connectivity index (χ2v) is 4.88. The summed E-state index contributed by atoms with van der Waals surface area (Å²) < 4.78 is 0. The van der Waals surface area contributed by atoms with Gasteiger partial charge in [-0.3, -0.25) is 4.99 Å². The maximum Gasteiger partial charge on any atom is 0.101 e. The van der Waals surface area contributed by atoms with Crippen molar-refractivity contribution in [2.75, 3.05) is 6.54 Å². The minimum atomic E-state index is 0. The van der Waals surface area contributed by atoms with E-state index >= 15 is 0 Å². The number of nitrogens with zero attached hydrogens (tertiary/aromatic N) is 2. The van der Waals surface area contributed by atoms with Crippen LogP contribution in [0.3, 0.4) is 0 Å². The molecule has 1 heterocycles. The zero-order chi connectivity index (χ0) is 11.8. The Bertz CT molecular complexity index is 582. The molecule has 0 saturated carbocycles. The Morgan fingerprint density at radius 2 is 2.22 bits per heavy atom. The fourth-order valence-electron chi connectivity index (χ4n) is 2.66. The fraction of sp³-hybridized carbons (Fsp3) is 0.286. The number of allylic oxidation sites excluding steroid dienone is 1. The lowest BCUT2D eigenvalue weighted by Gasteiger charge is -2.12. The van der Waals surface area contributed by atoms with Gasteiger partial charge in [-0.25, -0.2) is 0 Å². The van der Waals surface area contributed by atoms with Gasteiger partial charge in [0.25, 0.3) is 0 Å². The van der Waals surface area contributed by atoms with Gasteiger partial charge in [-0.2, -0.15) is 5.26 Å². The first kappa shape index (κ1) is 13.1. The average molecular weight is 279 g/mol. The van der Waals surface area contributed by atoms with Crippen molar-refractivity contribution < 1.29 is 0 Å². The highest BCUT2D eigenvalue weighted by Crippen LogP contribution is 2.41. The van der Waals surface area contributed by atoms with E-state index in [4.69, 9.17) is 16.9 Å². The second kappa shape index (κ2) is 5.14. The molecule has 1 aliphatic heterocycles. The number of benzene rings is 1. The van der Waals surface area contributed by atoms with E-state index in [9.17, 15) is 0 Å². The molecule has 3 rings (SSSR count). The second-order valence-electron chi connectivity index (χ2n) is 4.47. The van der Waals surface area contributed by atoms with E-state index < -0.39 is 0 Å². The molecule has 0 saturated heterocycles. The largest absolute Gasteiger partial charge is 0.288 e. The van der Waals surface area contributed by atoms with Gasteiger partial charge in [0, 0.05) is 12.1 Å². The number of halogens is 2. The van der Waals surface area contributed by atoms with Crippen molar-refractivity contribution in [3.63, 3.8) is 0 Å². The Labute approximate surface area is 117 Å². The number of aliphatic imine (C=N–C) groups is 1. The van der Waals surface area contributed by atoms with Crippen LogP contribution in [0.2, 0.25) is 5.02 Å². The predicted octanol–water partition coefficient (Wildman–Crippen LogP) is 3.89. The molecule has 0 N–H and O–H groups in total. The third kappa shape index (κ3) is 2.05. The molecule has 0 radical (unpaired) electrons. The highest BCUT2D eigenvalue weighted by Gasteiger charge is 2.28. The van der Waals surface area contributed by atoms with Crippen molar-refractivity contribution >= 4 is 30.2 Å². The number of rotatable bonds is 1. The minimum Gasteiger partial charge on any atom is -0.288 e. The fourth-order valence-corrected chi connectivity index (χ4v) is 2.89. The van der Waals surface area contributed by atoms with Gasteiger partial charge >= 0.3 is 0 Å². The van der Waals surface area contributed by atoms with Gasteiger partial charge in [-0.15, -0.1) is 12.4 Å². The van der Waals surface area contributed by atoms with Crippen molar-refractivity contribution in [2.24, 2.45) is 4.99 Å². The third-order valence-electron chi connectivity index (χ3n) is 3.55. The van der Waals surface area contributed by atoms with Gasteiger partial charge in [0.1, 0.15) is 6.07 Å². The van der Waals surface area contributed by atoms with Crippen LogP contribution in [-0.2, 0) is 0 Å². The van der Waals surface area contributed by atoms with E-state index in [1.807, 2.05) is 24.4 Å². The molecule has 1 aromatic carbocycles. The number of hydrogen-bond acceptors (Lipinski definition) is 2. The minimum absolute atomic E-state index is 0. The van der Waals surface area contributed by atoms with Gasteiger partial charge in [0.05, 0.1) is 17.1 Å². The maximum absolute atomic E-state index is 8.86.